The van der Waals surface area contributed by atoms with Crippen LogP contribution in [-0.4, -0.2) is 43.9 Å². The van der Waals surface area contributed by atoms with E-state index >= 15 is 0 Å². The van der Waals surface area contributed by atoms with E-state index in [1.807, 2.05) is 23.4 Å². The molecule has 1 aliphatic heterocycles. The first-order chi connectivity index (χ1) is 8.58. The third-order valence-corrected chi connectivity index (χ3v) is 4.40. The average molecular weight is 268 g/mol. The first kappa shape index (κ1) is 13.4. The van der Waals surface area contributed by atoms with E-state index in [4.69, 9.17) is 0 Å². The van der Waals surface area contributed by atoms with E-state index in [1.165, 1.54) is 18.2 Å². The molecule has 0 radical (unpaired) electrons. The Labute approximate surface area is 112 Å². The summed E-state index contributed by atoms with van der Waals surface area (Å²) in [5.74, 6) is 0.837. The van der Waals surface area contributed by atoms with Crippen molar-refractivity contribution in [3.8, 4) is 0 Å². The van der Waals surface area contributed by atoms with Crippen LogP contribution in [0.1, 0.15) is 26.7 Å². The van der Waals surface area contributed by atoms with Gasteiger partial charge in [0.2, 0.25) is 5.91 Å². The number of piperidine rings is 1. The molecule has 6 heteroatoms. The summed E-state index contributed by atoms with van der Waals surface area (Å²) in [6.45, 7) is 5.94. The van der Waals surface area contributed by atoms with Gasteiger partial charge in [-0.1, -0.05) is 18.7 Å². The molecule has 2 atom stereocenters. The van der Waals surface area contributed by atoms with Gasteiger partial charge in [0, 0.05) is 20.1 Å². The molecule has 2 rings (SSSR count). The molecule has 2 unspecified atom stereocenters. The van der Waals surface area contributed by atoms with Crippen molar-refractivity contribution in [1.82, 2.24) is 19.7 Å². The van der Waals surface area contributed by atoms with E-state index < -0.39 is 0 Å². The van der Waals surface area contributed by atoms with Crippen molar-refractivity contribution in [2.45, 2.75) is 37.1 Å². The number of aromatic nitrogens is 3. The third kappa shape index (κ3) is 3.04. The van der Waals surface area contributed by atoms with Gasteiger partial charge in [-0.2, -0.15) is 0 Å². The lowest BCUT2D eigenvalue weighted by Crippen LogP contribution is -2.42. The Hall–Kier alpha value is -1.04. The summed E-state index contributed by atoms with van der Waals surface area (Å²) in [5.41, 5.74) is 0. The number of rotatable bonds is 3. The second-order valence-corrected chi connectivity index (χ2v) is 6.32. The Morgan fingerprint density at radius 1 is 1.61 bits per heavy atom. The van der Waals surface area contributed by atoms with Crippen molar-refractivity contribution in [2.75, 3.05) is 13.1 Å². The lowest BCUT2D eigenvalue weighted by molar-refractivity contribution is -0.131. The quantitative estimate of drug-likeness (QED) is 0.781. The molecular formula is C12H20N4OS. The number of thioether (sulfide) groups is 1. The highest BCUT2D eigenvalue weighted by molar-refractivity contribution is 8.00. The van der Waals surface area contributed by atoms with E-state index in [9.17, 15) is 4.79 Å². The number of aryl methyl sites for hydroxylation is 1. The van der Waals surface area contributed by atoms with Gasteiger partial charge < -0.3 is 9.47 Å². The fraction of sp³-hybridized carbons (Fsp3) is 0.750. The molecule has 18 heavy (non-hydrogen) atoms. The molecule has 1 aliphatic rings. The first-order valence-corrected chi connectivity index (χ1v) is 7.25. The van der Waals surface area contributed by atoms with Crippen LogP contribution in [0.15, 0.2) is 11.5 Å². The van der Waals surface area contributed by atoms with Crippen LogP contribution in [0.2, 0.25) is 0 Å². The molecule has 5 nitrogen and oxygen atoms in total. The number of amides is 1. The summed E-state index contributed by atoms with van der Waals surface area (Å²) in [6, 6.07) is 0. The fourth-order valence-electron chi connectivity index (χ4n) is 2.23. The van der Waals surface area contributed by atoms with Gasteiger partial charge >= 0.3 is 0 Å². The van der Waals surface area contributed by atoms with Crippen molar-refractivity contribution < 1.29 is 4.79 Å². The highest BCUT2D eigenvalue weighted by atomic mass is 32.2. The van der Waals surface area contributed by atoms with Crippen molar-refractivity contribution in [3.05, 3.63) is 6.33 Å². The Morgan fingerprint density at radius 2 is 2.39 bits per heavy atom. The highest BCUT2D eigenvalue weighted by Crippen LogP contribution is 2.24. The lowest BCUT2D eigenvalue weighted by Gasteiger charge is -2.32. The second kappa shape index (κ2) is 5.73. The number of hydrogen-bond acceptors (Lipinski definition) is 4. The zero-order valence-electron chi connectivity index (χ0n) is 11.2. The number of carbonyl (C=O) groups excluding carboxylic acids is 1. The van der Waals surface area contributed by atoms with Gasteiger partial charge in [0.1, 0.15) is 6.33 Å². The molecule has 0 aliphatic carbocycles. The van der Waals surface area contributed by atoms with Crippen LogP contribution in [0.4, 0.5) is 0 Å². The summed E-state index contributed by atoms with van der Waals surface area (Å²) in [5, 5.41) is 8.52. The Bertz CT molecular complexity index is 420. The maximum atomic E-state index is 12.3. The molecule has 1 aromatic rings. The van der Waals surface area contributed by atoms with E-state index in [0.29, 0.717) is 5.92 Å². The van der Waals surface area contributed by atoms with Crippen LogP contribution < -0.4 is 0 Å². The maximum Gasteiger partial charge on any atom is 0.235 e. The molecule has 100 valence electrons. The molecule has 0 saturated carbocycles. The zero-order chi connectivity index (χ0) is 13.1. The van der Waals surface area contributed by atoms with Crippen LogP contribution in [0.5, 0.6) is 0 Å². The smallest absolute Gasteiger partial charge is 0.235 e. The van der Waals surface area contributed by atoms with Crippen molar-refractivity contribution in [1.29, 1.82) is 0 Å². The monoisotopic (exact) mass is 268 g/mol. The molecule has 0 aromatic carbocycles. The molecule has 1 amide bonds. The minimum absolute atomic E-state index is 0.0989. The van der Waals surface area contributed by atoms with Crippen LogP contribution in [0, 0.1) is 5.92 Å². The molecule has 2 heterocycles. The van der Waals surface area contributed by atoms with E-state index in [2.05, 4.69) is 17.1 Å². The van der Waals surface area contributed by atoms with Gasteiger partial charge in [0.25, 0.3) is 0 Å². The number of nitrogens with zero attached hydrogens (tertiary/aromatic N) is 4. The zero-order valence-corrected chi connectivity index (χ0v) is 12.0. The summed E-state index contributed by atoms with van der Waals surface area (Å²) >= 11 is 1.48. The second-order valence-electron chi connectivity index (χ2n) is 5.02. The summed E-state index contributed by atoms with van der Waals surface area (Å²) in [4.78, 5) is 14.3. The van der Waals surface area contributed by atoms with Gasteiger partial charge in [0.05, 0.1) is 5.25 Å². The molecular weight excluding hydrogens is 248 g/mol. The van der Waals surface area contributed by atoms with Gasteiger partial charge in [-0.15, -0.1) is 10.2 Å². The lowest BCUT2D eigenvalue weighted by atomic mass is 10.0. The van der Waals surface area contributed by atoms with Crippen LogP contribution in [0.25, 0.3) is 0 Å². The standard InChI is InChI=1S/C12H20N4OS/c1-9-5-4-6-16(7-9)11(17)10(2)18-12-14-13-8-15(12)3/h8-10H,4-7H2,1-3H3. The normalized spacial score (nSPS) is 21.9. The predicted octanol–water partition coefficient (Wildman–Crippen LogP) is 1.55. The minimum atomic E-state index is -0.0989. The van der Waals surface area contributed by atoms with Crippen molar-refractivity contribution in [3.63, 3.8) is 0 Å². The molecule has 1 saturated heterocycles. The number of carbonyl (C=O) groups is 1. The van der Waals surface area contributed by atoms with Crippen LogP contribution in [0.3, 0.4) is 0 Å². The molecule has 1 aromatic heterocycles. The fourth-order valence-corrected chi connectivity index (χ4v) is 3.11. The van der Waals surface area contributed by atoms with Gasteiger partial charge in [-0.05, 0) is 25.7 Å². The van der Waals surface area contributed by atoms with Gasteiger partial charge in [-0.3, -0.25) is 4.79 Å². The van der Waals surface area contributed by atoms with Crippen molar-refractivity contribution in [2.24, 2.45) is 13.0 Å². The summed E-state index contributed by atoms with van der Waals surface area (Å²) < 4.78 is 1.84. The molecule has 0 spiro atoms. The van der Waals surface area contributed by atoms with Crippen molar-refractivity contribution >= 4 is 17.7 Å². The van der Waals surface area contributed by atoms with Gasteiger partial charge in [-0.25, -0.2) is 0 Å². The van der Waals surface area contributed by atoms with E-state index in [-0.39, 0.29) is 11.2 Å². The third-order valence-electron chi connectivity index (χ3n) is 3.27. The largest absolute Gasteiger partial charge is 0.341 e. The van der Waals surface area contributed by atoms with Crippen LogP contribution >= 0.6 is 11.8 Å². The average Bonchev–Trinajstić information content (AvgIpc) is 2.74. The van der Waals surface area contributed by atoms with Gasteiger partial charge in [0.15, 0.2) is 5.16 Å². The summed E-state index contributed by atoms with van der Waals surface area (Å²) in [6.07, 6.45) is 4.01. The Morgan fingerprint density at radius 3 is 3.00 bits per heavy atom. The Balaban J connectivity index is 1.94. The molecule has 0 bridgehead atoms. The highest BCUT2D eigenvalue weighted by Gasteiger charge is 2.26. The minimum Gasteiger partial charge on any atom is -0.341 e. The number of hydrogen-bond donors (Lipinski definition) is 0. The SMILES string of the molecule is CC1CCCN(C(=O)C(C)Sc2nncn2C)C1. The topological polar surface area (TPSA) is 51.0 Å². The number of likely N-dealkylation sites (tertiary alicyclic amines) is 1. The maximum absolute atomic E-state index is 12.3. The molecule has 1 fully saturated rings. The summed E-state index contributed by atoms with van der Waals surface area (Å²) in [7, 11) is 1.89. The molecule has 0 N–H and O–H groups in total. The van der Waals surface area contributed by atoms with E-state index in [1.54, 1.807) is 6.33 Å². The first-order valence-electron chi connectivity index (χ1n) is 6.37. The van der Waals surface area contributed by atoms with E-state index in [0.717, 1.165) is 24.7 Å². The van der Waals surface area contributed by atoms with Crippen LogP contribution in [-0.2, 0) is 11.8 Å². The predicted molar refractivity (Wildman–Crippen MR) is 71.3 cm³/mol. The Kier molecular flexibility index (Phi) is 4.27.